The van der Waals surface area contributed by atoms with Gasteiger partial charge in [-0.15, -0.1) is 10.2 Å². The Kier molecular flexibility index (Phi) is 10.0. The summed E-state index contributed by atoms with van der Waals surface area (Å²) in [4.78, 5) is 24.0. The van der Waals surface area contributed by atoms with Gasteiger partial charge >= 0.3 is 24.6 Å². The average Bonchev–Trinajstić information content (AvgIpc) is 3.51. The van der Waals surface area contributed by atoms with Crippen LogP contribution < -0.4 is 10.6 Å². The first kappa shape index (κ1) is 37.4. The molecule has 11 nitrogen and oxygen atoms in total. The predicted octanol–water partition coefficient (Wildman–Crippen LogP) is 6.33. The van der Waals surface area contributed by atoms with E-state index in [0.29, 0.717) is 12.1 Å². The molecule has 1 aliphatic rings. The summed E-state index contributed by atoms with van der Waals surface area (Å²) >= 11 is 0. The van der Waals surface area contributed by atoms with Crippen molar-refractivity contribution in [1.29, 1.82) is 0 Å². The number of aromatic nitrogens is 6. The third kappa shape index (κ3) is 7.75. The molecule has 4 aromatic rings. The summed E-state index contributed by atoms with van der Waals surface area (Å²) in [5, 5.41) is 20.9. The fraction of sp³-hybridized carbons (Fsp3) is 0.419. The highest BCUT2D eigenvalue weighted by atomic mass is 19.4. The van der Waals surface area contributed by atoms with Crippen molar-refractivity contribution in [3.05, 3.63) is 81.9 Å². The molecule has 0 spiro atoms. The van der Waals surface area contributed by atoms with Gasteiger partial charge in [-0.05, 0) is 72.5 Å². The van der Waals surface area contributed by atoms with E-state index < -0.39 is 71.5 Å². The number of aliphatic hydroxyl groups excluding tert-OH is 1. The van der Waals surface area contributed by atoms with E-state index in [-0.39, 0.29) is 66.2 Å². The van der Waals surface area contributed by atoms with Gasteiger partial charge < -0.3 is 15.6 Å². The molecule has 0 fully saturated rings. The number of fused-ring (bicyclic) bond motifs is 1. The predicted molar refractivity (Wildman–Crippen MR) is 160 cm³/mol. The lowest BCUT2D eigenvalue weighted by Crippen LogP contribution is -2.61. The molecule has 51 heavy (non-hydrogen) atoms. The summed E-state index contributed by atoms with van der Waals surface area (Å²) in [6.07, 6.45) is -15.8. The monoisotopic (exact) mass is 732 g/mol. The van der Waals surface area contributed by atoms with Gasteiger partial charge in [0.1, 0.15) is 11.5 Å². The highest BCUT2D eigenvalue weighted by Gasteiger charge is 2.47. The average molecular weight is 733 g/mol. The highest BCUT2D eigenvalue weighted by molar-refractivity contribution is 5.91. The number of ether oxygens (including phenoxy) is 1. The molecule has 3 heterocycles. The van der Waals surface area contributed by atoms with Crippen LogP contribution in [0.15, 0.2) is 42.6 Å². The number of alkyl halides is 9. The van der Waals surface area contributed by atoms with E-state index in [9.17, 15) is 49.4 Å². The van der Waals surface area contributed by atoms with Crippen LogP contribution in [0.25, 0.3) is 11.4 Å². The van der Waals surface area contributed by atoms with Gasteiger partial charge in [0.15, 0.2) is 0 Å². The Hall–Kier alpha value is -4.85. The maximum absolute atomic E-state index is 14.0. The van der Waals surface area contributed by atoms with E-state index in [4.69, 9.17) is 10.5 Å². The van der Waals surface area contributed by atoms with Crippen LogP contribution in [0.5, 0.6) is 0 Å². The first-order valence-electron chi connectivity index (χ1n) is 15.3. The lowest BCUT2D eigenvalue weighted by atomic mass is 9.80. The molecule has 20 heteroatoms. The molecule has 0 saturated heterocycles. The van der Waals surface area contributed by atoms with E-state index in [0.717, 1.165) is 34.1 Å². The molecular weight excluding hydrogens is 703 g/mol. The Labute approximate surface area is 283 Å². The molecule has 2 atom stereocenters. The zero-order valence-electron chi connectivity index (χ0n) is 26.7. The number of halogens is 9. The van der Waals surface area contributed by atoms with Crippen LogP contribution in [0.1, 0.15) is 71.9 Å². The number of hydrogen-bond donors (Lipinski definition) is 2. The second-order valence-electron chi connectivity index (χ2n) is 11.6. The minimum absolute atomic E-state index is 0.0318. The molecule has 0 aliphatic carbocycles. The smallest absolute Gasteiger partial charge is 0.416 e. The van der Waals surface area contributed by atoms with Crippen molar-refractivity contribution in [2.24, 2.45) is 5.73 Å². The molecule has 0 unspecified atom stereocenters. The molecule has 3 N–H and O–H groups in total. The normalized spacial score (nSPS) is 18.1. The Morgan fingerprint density at radius 1 is 0.980 bits per heavy atom. The first-order valence-corrected chi connectivity index (χ1v) is 15.3. The van der Waals surface area contributed by atoms with Gasteiger partial charge in [-0.3, -0.25) is 4.90 Å². The van der Waals surface area contributed by atoms with Gasteiger partial charge in [0, 0.05) is 18.5 Å². The number of carbonyl (C=O) groups excluding carboxylic acids is 1. The van der Waals surface area contributed by atoms with Crippen LogP contribution in [0, 0.1) is 0 Å². The molecule has 0 radical (unpaired) electrons. The lowest BCUT2D eigenvalue weighted by molar-refractivity contribution is -0.143. The number of nitrogens with two attached hydrogens (primary N) is 1. The van der Waals surface area contributed by atoms with Crippen LogP contribution in [-0.2, 0) is 36.2 Å². The van der Waals surface area contributed by atoms with E-state index in [1.54, 1.807) is 6.92 Å². The van der Waals surface area contributed by atoms with Crippen molar-refractivity contribution in [3.63, 3.8) is 0 Å². The van der Waals surface area contributed by atoms with Crippen LogP contribution in [0.3, 0.4) is 0 Å². The van der Waals surface area contributed by atoms with Crippen molar-refractivity contribution >= 4 is 11.8 Å². The summed E-state index contributed by atoms with van der Waals surface area (Å²) in [5.41, 5.74) is 0.0386. The lowest BCUT2D eigenvalue weighted by Gasteiger charge is -2.46. The minimum atomic E-state index is -5.15. The second kappa shape index (κ2) is 13.7. The number of benzene rings is 2. The maximum atomic E-state index is 14.0. The molecule has 1 aliphatic heterocycles. The van der Waals surface area contributed by atoms with Crippen LogP contribution in [-0.4, -0.2) is 60.3 Å². The summed E-state index contributed by atoms with van der Waals surface area (Å²) in [5.74, 6) is -1.57. The number of rotatable bonds is 8. The number of aliphatic hydroxyl groups is 1. The Morgan fingerprint density at radius 3 is 2.20 bits per heavy atom. The largest absolute Gasteiger partial charge is 0.449 e. The van der Waals surface area contributed by atoms with Gasteiger partial charge in [-0.1, -0.05) is 6.92 Å². The number of anilines is 1. The Bertz CT molecular complexity index is 1880. The van der Waals surface area contributed by atoms with Crippen molar-refractivity contribution in [2.45, 2.75) is 69.8 Å². The SMILES string of the molecule is CCOC(=O)N1c2ccc(C(F)(F)F)cc2[C@@H](c2ncc(-c3nnn(CCO)n3)c(Cc3cc(C(F)(F)F)cc(C(F)(F)F)c3)n2)C[C@@]1(N)CC. The molecule has 2 aromatic heterocycles. The van der Waals surface area contributed by atoms with Gasteiger partial charge in [-0.25, -0.2) is 14.8 Å². The summed E-state index contributed by atoms with van der Waals surface area (Å²) < 4.78 is 129. The van der Waals surface area contributed by atoms with Gasteiger partial charge in [0.25, 0.3) is 0 Å². The molecule has 1 amide bonds. The number of amides is 1. The van der Waals surface area contributed by atoms with Gasteiger partial charge in [0.05, 0.1) is 53.4 Å². The summed E-state index contributed by atoms with van der Waals surface area (Å²) in [7, 11) is 0. The minimum Gasteiger partial charge on any atom is -0.449 e. The molecule has 0 saturated carbocycles. The third-order valence-corrected chi connectivity index (χ3v) is 8.25. The van der Waals surface area contributed by atoms with Gasteiger partial charge in [0.2, 0.25) is 5.82 Å². The quantitative estimate of drug-likeness (QED) is 0.199. The highest BCUT2D eigenvalue weighted by Crippen LogP contribution is 2.47. The van der Waals surface area contributed by atoms with Crippen molar-refractivity contribution in [2.75, 3.05) is 18.1 Å². The second-order valence-corrected chi connectivity index (χ2v) is 11.6. The summed E-state index contributed by atoms with van der Waals surface area (Å²) in [6.45, 7) is 2.56. The van der Waals surface area contributed by atoms with Crippen LogP contribution in [0.2, 0.25) is 0 Å². The van der Waals surface area contributed by atoms with Crippen molar-refractivity contribution < 1.29 is 54.2 Å². The number of hydrogen-bond acceptors (Lipinski definition) is 9. The van der Waals surface area contributed by atoms with Gasteiger partial charge in [-0.2, -0.15) is 44.3 Å². The first-order chi connectivity index (χ1) is 23.8. The molecule has 274 valence electrons. The van der Waals surface area contributed by atoms with Crippen molar-refractivity contribution in [1.82, 2.24) is 30.2 Å². The number of tetrazole rings is 1. The fourth-order valence-corrected chi connectivity index (χ4v) is 5.78. The molecule has 5 rings (SSSR count). The van der Waals surface area contributed by atoms with E-state index in [1.807, 2.05) is 0 Å². The molecule has 2 aromatic carbocycles. The molecular formula is C31H29F9N8O3. The Morgan fingerprint density at radius 2 is 1.63 bits per heavy atom. The van der Waals surface area contributed by atoms with Crippen LogP contribution >= 0.6 is 0 Å². The topological polar surface area (TPSA) is 145 Å². The number of carbonyl (C=O) groups is 1. The van der Waals surface area contributed by atoms with Crippen molar-refractivity contribution in [3.8, 4) is 11.4 Å². The summed E-state index contributed by atoms with van der Waals surface area (Å²) in [6, 6.07) is 3.60. The molecule has 0 bridgehead atoms. The standard InChI is InChI=1S/C31H29F9N8O3/c1-3-28(41)14-21(20-13-17(29(32,33)34)5-6-24(20)48(28)27(50)51-4-2)25-42-15-22(26-44-46-47(45-26)7-8-49)23(43-25)11-16-9-18(30(35,36)37)12-19(10-16)31(38,39)40/h5-6,9-10,12-13,15,21,49H,3-4,7-8,11,14,41H2,1-2H3/t21-,28+/m0/s1. The van der Waals surface area contributed by atoms with E-state index in [2.05, 4.69) is 25.4 Å². The van der Waals surface area contributed by atoms with E-state index in [1.165, 1.54) is 6.92 Å². The fourth-order valence-electron chi connectivity index (χ4n) is 5.78. The number of nitrogens with zero attached hydrogens (tertiary/aromatic N) is 7. The maximum Gasteiger partial charge on any atom is 0.416 e. The zero-order chi connectivity index (χ0) is 37.5. The van der Waals surface area contributed by atoms with Crippen LogP contribution in [0.4, 0.5) is 50.0 Å². The van der Waals surface area contributed by atoms with E-state index >= 15 is 0 Å². The zero-order valence-corrected chi connectivity index (χ0v) is 26.7. The third-order valence-electron chi connectivity index (χ3n) is 8.25. The Balaban J connectivity index is 1.73.